The maximum Gasteiger partial charge on any atom is 0.305 e. The Morgan fingerprint density at radius 2 is 1.32 bits per heavy atom. The molecule has 0 aliphatic rings. The monoisotopic (exact) mass is 441 g/mol. The summed E-state index contributed by atoms with van der Waals surface area (Å²) in [4.78, 5) is 79.6. The minimum absolute atomic E-state index is 0.0652. The van der Waals surface area contributed by atoms with E-state index in [2.05, 4.69) is 21.3 Å². The lowest BCUT2D eigenvalue weighted by Crippen LogP contribution is -2.44. The molecule has 0 saturated heterocycles. The molecule has 0 aromatic heterocycles. The van der Waals surface area contributed by atoms with Crippen molar-refractivity contribution >= 4 is 41.8 Å². The number of nitrogens with one attached hydrogen (secondary N) is 4. The maximum absolute atomic E-state index is 11.7. The summed E-state index contributed by atoms with van der Waals surface area (Å²) in [6, 6.07) is 0. The fourth-order valence-electron chi connectivity index (χ4n) is 1.96. The third kappa shape index (κ3) is 15.8. The fraction of sp³-hybridized carbons (Fsp3) is 0.500. The highest BCUT2D eigenvalue weighted by atomic mass is 16.4. The first-order valence-corrected chi connectivity index (χ1v) is 9.31. The van der Waals surface area contributed by atoms with Crippen LogP contribution in [0.5, 0.6) is 0 Å². The number of carboxylic acids is 1. The second-order valence-electron chi connectivity index (χ2n) is 6.18. The van der Waals surface area contributed by atoms with Gasteiger partial charge in [-0.25, -0.2) is 0 Å². The number of likely N-dealkylation sites (N-methyl/N-ethyl adjacent to an activating group) is 1. The summed E-state index contributed by atoms with van der Waals surface area (Å²) in [6.45, 7) is -0.903. The molecule has 0 fully saturated rings. The molecule has 0 atom stereocenters. The molecule has 0 saturated carbocycles. The van der Waals surface area contributed by atoms with Gasteiger partial charge in [0.2, 0.25) is 29.5 Å². The Morgan fingerprint density at radius 1 is 0.806 bits per heavy atom. The number of carboxylic acid groups (broad SMARTS) is 1. The van der Waals surface area contributed by atoms with Crippen molar-refractivity contribution in [3.8, 4) is 0 Å². The summed E-state index contributed by atoms with van der Waals surface area (Å²) < 4.78 is 0. The molecule has 0 unspecified atom stereocenters. The van der Waals surface area contributed by atoms with E-state index in [4.69, 9.17) is 5.11 Å². The molecule has 0 aliphatic heterocycles. The van der Waals surface area contributed by atoms with Gasteiger partial charge in [-0.2, -0.15) is 0 Å². The normalized spacial score (nSPS) is 10.1. The van der Waals surface area contributed by atoms with Crippen LogP contribution in [0.1, 0.15) is 19.3 Å². The molecule has 0 aliphatic carbocycles. The molecule has 31 heavy (non-hydrogen) atoms. The Kier molecular flexibility index (Phi) is 14.1. The zero-order valence-electron chi connectivity index (χ0n) is 17.1. The van der Waals surface area contributed by atoms with Crippen LogP contribution in [0.4, 0.5) is 0 Å². The number of aliphatic carboxylic acids is 1. The smallest absolute Gasteiger partial charge is 0.305 e. The third-order valence-corrected chi connectivity index (χ3v) is 3.59. The first-order chi connectivity index (χ1) is 14.6. The van der Waals surface area contributed by atoms with Gasteiger partial charge in [0.15, 0.2) is 0 Å². The summed E-state index contributed by atoms with van der Waals surface area (Å²) in [5, 5.41) is 17.6. The predicted octanol–water partition coefficient (Wildman–Crippen LogP) is -3.08. The number of aldehydes is 1. The van der Waals surface area contributed by atoms with Crippen LogP contribution in [0.3, 0.4) is 0 Å². The van der Waals surface area contributed by atoms with Gasteiger partial charge in [-0.15, -0.1) is 0 Å². The quantitative estimate of drug-likeness (QED) is 0.130. The van der Waals surface area contributed by atoms with E-state index in [0.29, 0.717) is 12.7 Å². The lowest BCUT2D eigenvalue weighted by Gasteiger charge is -2.14. The van der Waals surface area contributed by atoms with Crippen molar-refractivity contribution in [1.29, 1.82) is 0 Å². The number of nitrogens with zero attached hydrogens (tertiary/aromatic N) is 1. The number of rotatable bonds is 15. The summed E-state index contributed by atoms with van der Waals surface area (Å²) in [5.74, 6) is -3.67. The molecule has 0 spiro atoms. The highest BCUT2D eigenvalue weighted by molar-refractivity contribution is 5.91. The van der Waals surface area contributed by atoms with Crippen molar-refractivity contribution in [3.63, 3.8) is 0 Å². The van der Waals surface area contributed by atoms with Crippen LogP contribution in [0.25, 0.3) is 0 Å². The van der Waals surface area contributed by atoms with E-state index in [1.165, 1.54) is 11.9 Å². The van der Waals surface area contributed by atoms with E-state index in [1.807, 2.05) is 0 Å². The van der Waals surface area contributed by atoms with E-state index >= 15 is 0 Å². The van der Waals surface area contributed by atoms with Gasteiger partial charge >= 0.3 is 5.97 Å². The van der Waals surface area contributed by atoms with Crippen LogP contribution >= 0.6 is 0 Å². The number of amides is 5. The molecule has 0 aromatic rings. The fourth-order valence-corrected chi connectivity index (χ4v) is 1.96. The summed E-state index contributed by atoms with van der Waals surface area (Å²) in [6.07, 6.45) is 2.84. The van der Waals surface area contributed by atoms with Crippen molar-refractivity contribution in [2.45, 2.75) is 19.3 Å². The van der Waals surface area contributed by atoms with Gasteiger partial charge in [0.1, 0.15) is 6.29 Å². The Morgan fingerprint density at radius 3 is 1.84 bits per heavy atom. The second-order valence-corrected chi connectivity index (χ2v) is 6.18. The van der Waals surface area contributed by atoms with Crippen LogP contribution in [0.2, 0.25) is 0 Å². The highest BCUT2D eigenvalue weighted by Gasteiger charge is 2.10. The molecule has 0 bridgehead atoms. The van der Waals surface area contributed by atoms with Crippen molar-refractivity contribution in [2.24, 2.45) is 0 Å². The van der Waals surface area contributed by atoms with Gasteiger partial charge in [0, 0.05) is 32.6 Å². The van der Waals surface area contributed by atoms with Gasteiger partial charge < -0.3 is 31.3 Å². The molecule has 0 rings (SSSR count). The van der Waals surface area contributed by atoms with Gasteiger partial charge in [-0.05, 0) is 12.5 Å². The number of carbonyl (C=O) groups excluding carboxylic acids is 6. The van der Waals surface area contributed by atoms with E-state index < -0.39 is 36.1 Å². The summed E-state index contributed by atoms with van der Waals surface area (Å²) in [7, 11) is 1.52. The molecule has 5 N–H and O–H groups in total. The molecule has 13 nitrogen and oxygen atoms in total. The summed E-state index contributed by atoms with van der Waals surface area (Å²) in [5.41, 5.74) is 0. The lowest BCUT2D eigenvalue weighted by atomic mass is 10.2. The Hall–Kier alpha value is -3.77. The lowest BCUT2D eigenvalue weighted by molar-refractivity contribution is -0.137. The largest absolute Gasteiger partial charge is 0.481 e. The van der Waals surface area contributed by atoms with Crippen molar-refractivity contribution in [1.82, 2.24) is 26.2 Å². The number of hydrogen-bond donors (Lipinski definition) is 5. The van der Waals surface area contributed by atoms with Gasteiger partial charge in [-0.3, -0.25) is 33.6 Å². The van der Waals surface area contributed by atoms with Crippen molar-refractivity contribution < 1.29 is 38.7 Å². The van der Waals surface area contributed by atoms with Crippen molar-refractivity contribution in [2.75, 3.05) is 39.8 Å². The minimum atomic E-state index is -1.06. The molecule has 5 amide bonds. The zero-order valence-corrected chi connectivity index (χ0v) is 17.1. The zero-order chi connectivity index (χ0) is 23.6. The van der Waals surface area contributed by atoms with E-state index in [-0.39, 0.29) is 44.9 Å². The van der Waals surface area contributed by atoms with Crippen LogP contribution in [0, 0.1) is 0 Å². The molecule has 0 heterocycles. The van der Waals surface area contributed by atoms with Crippen LogP contribution in [-0.2, 0) is 33.6 Å². The number of hydrogen-bond acceptors (Lipinski definition) is 7. The van der Waals surface area contributed by atoms with E-state index in [0.717, 1.165) is 12.2 Å². The van der Waals surface area contributed by atoms with Crippen molar-refractivity contribution in [3.05, 3.63) is 12.2 Å². The van der Waals surface area contributed by atoms with Gasteiger partial charge in [0.25, 0.3) is 0 Å². The van der Waals surface area contributed by atoms with Gasteiger partial charge in [0.05, 0.1) is 26.1 Å². The standard InChI is InChI=1S/C18H27N5O8/c1-23(17(29)5-3-9-24)8-2-4-13(25)20-11-15(27)22-12-16(28)21-10-14(26)19-7-6-18(30)31/h3,5,9H,2,4,6-8,10-12H2,1H3,(H,19,26)(H,20,25)(H,21,28)(H,22,27)(H,30,31)/b5-3-. The maximum atomic E-state index is 11.7. The average Bonchev–Trinajstić information content (AvgIpc) is 2.72. The molecular weight excluding hydrogens is 414 g/mol. The number of carbonyl (C=O) groups is 7. The SMILES string of the molecule is CN(CCCC(=O)NCC(=O)NCC(=O)NCC(=O)NCCC(=O)O)C(=O)/C=C\C=O. The molecule has 0 aromatic carbocycles. The van der Waals surface area contributed by atoms with E-state index in [1.54, 1.807) is 0 Å². The molecule has 172 valence electrons. The Bertz CT molecular complexity index is 707. The predicted molar refractivity (Wildman–Crippen MR) is 106 cm³/mol. The highest BCUT2D eigenvalue weighted by Crippen LogP contribution is 1.94. The van der Waals surface area contributed by atoms with Crippen LogP contribution in [-0.4, -0.2) is 91.6 Å². The third-order valence-electron chi connectivity index (χ3n) is 3.59. The van der Waals surface area contributed by atoms with Crippen LogP contribution in [0.15, 0.2) is 12.2 Å². The first-order valence-electron chi connectivity index (χ1n) is 9.31. The second kappa shape index (κ2) is 16.1. The van der Waals surface area contributed by atoms with E-state index in [9.17, 15) is 33.6 Å². The van der Waals surface area contributed by atoms with Gasteiger partial charge in [-0.1, -0.05) is 0 Å². The first kappa shape index (κ1) is 27.2. The molecule has 13 heteroatoms. The minimum Gasteiger partial charge on any atom is -0.481 e. The topological polar surface area (TPSA) is 191 Å². The average molecular weight is 441 g/mol. The van der Waals surface area contributed by atoms with Crippen LogP contribution < -0.4 is 21.3 Å². The molecular formula is C18H27N5O8. The number of allylic oxidation sites excluding steroid dienone is 1. The Balaban J connectivity index is 3.89. The molecule has 0 radical (unpaired) electrons. The Labute approximate surface area is 178 Å². The summed E-state index contributed by atoms with van der Waals surface area (Å²) >= 11 is 0.